The van der Waals surface area contributed by atoms with Gasteiger partial charge in [-0.3, -0.25) is 14.5 Å². The molecule has 1 aromatic rings. The molecular formula is C22H30FN3O3. The number of amides is 2. The van der Waals surface area contributed by atoms with Crippen LogP contribution in [0.4, 0.5) is 4.39 Å². The lowest BCUT2D eigenvalue weighted by molar-refractivity contribution is -0.139. The average molecular weight is 403 g/mol. The Kier molecular flexibility index (Phi) is 5.88. The first-order valence-corrected chi connectivity index (χ1v) is 10.8. The fourth-order valence-corrected chi connectivity index (χ4v) is 4.92. The van der Waals surface area contributed by atoms with Gasteiger partial charge in [0.1, 0.15) is 17.6 Å². The third-order valence-electron chi connectivity index (χ3n) is 6.60. The molecular weight excluding hydrogens is 373 g/mol. The quantitative estimate of drug-likeness (QED) is 0.778. The summed E-state index contributed by atoms with van der Waals surface area (Å²) in [5.41, 5.74) is -0.471. The first kappa shape index (κ1) is 20.3. The maximum Gasteiger partial charge on any atom is 0.256 e. The molecule has 0 bridgehead atoms. The zero-order chi connectivity index (χ0) is 20.4. The van der Waals surface area contributed by atoms with Gasteiger partial charge in [-0.25, -0.2) is 4.39 Å². The zero-order valence-corrected chi connectivity index (χ0v) is 17.1. The van der Waals surface area contributed by atoms with Crippen LogP contribution in [0.2, 0.25) is 0 Å². The number of ether oxygens (including phenoxy) is 1. The molecule has 1 aliphatic carbocycles. The molecule has 0 radical (unpaired) electrons. The Morgan fingerprint density at radius 3 is 2.52 bits per heavy atom. The lowest BCUT2D eigenvalue weighted by Gasteiger charge is -2.43. The zero-order valence-electron chi connectivity index (χ0n) is 17.1. The van der Waals surface area contributed by atoms with E-state index in [1.807, 2.05) is 4.90 Å². The summed E-state index contributed by atoms with van der Waals surface area (Å²) < 4.78 is 20.0. The van der Waals surface area contributed by atoms with Crippen molar-refractivity contribution in [3.05, 3.63) is 35.6 Å². The Hall–Kier alpha value is -1.99. The van der Waals surface area contributed by atoms with Gasteiger partial charge in [0, 0.05) is 31.7 Å². The first-order valence-electron chi connectivity index (χ1n) is 10.8. The average Bonchev–Trinajstić information content (AvgIpc) is 3.11. The van der Waals surface area contributed by atoms with Crippen molar-refractivity contribution < 1.29 is 18.7 Å². The van der Waals surface area contributed by atoms with E-state index in [1.54, 1.807) is 11.0 Å². The van der Waals surface area contributed by atoms with Gasteiger partial charge < -0.3 is 14.5 Å². The van der Waals surface area contributed by atoms with Crippen LogP contribution in [0.5, 0.6) is 0 Å². The van der Waals surface area contributed by atoms with Crippen LogP contribution in [0.15, 0.2) is 24.3 Å². The highest BCUT2D eigenvalue weighted by molar-refractivity contribution is 5.98. The van der Waals surface area contributed by atoms with Crippen molar-refractivity contribution in [2.45, 2.75) is 50.8 Å². The molecule has 7 heteroatoms. The molecule has 0 N–H and O–H groups in total. The van der Waals surface area contributed by atoms with Crippen LogP contribution in [-0.4, -0.2) is 77.6 Å². The van der Waals surface area contributed by atoms with Gasteiger partial charge in [-0.2, -0.15) is 0 Å². The number of carbonyl (C=O) groups is 2. The van der Waals surface area contributed by atoms with E-state index in [2.05, 4.69) is 11.8 Å². The van der Waals surface area contributed by atoms with Crippen molar-refractivity contribution in [3.8, 4) is 0 Å². The lowest BCUT2D eigenvalue weighted by atomic mass is 9.89. The molecule has 2 aliphatic heterocycles. The number of piperazine rings is 1. The minimum Gasteiger partial charge on any atom is -0.353 e. The number of benzene rings is 1. The highest BCUT2D eigenvalue weighted by Crippen LogP contribution is 2.41. The van der Waals surface area contributed by atoms with Gasteiger partial charge in [-0.1, -0.05) is 19.4 Å². The van der Waals surface area contributed by atoms with E-state index in [0.717, 1.165) is 51.7 Å². The lowest BCUT2D eigenvalue weighted by Crippen LogP contribution is -2.59. The van der Waals surface area contributed by atoms with Gasteiger partial charge in [0.05, 0.1) is 6.61 Å². The van der Waals surface area contributed by atoms with Gasteiger partial charge in [-0.05, 0) is 50.4 Å². The molecule has 1 spiro atoms. The number of hydrogen-bond acceptors (Lipinski definition) is 4. The molecule has 4 rings (SSSR count). The molecule has 29 heavy (non-hydrogen) atoms. The van der Waals surface area contributed by atoms with Crippen LogP contribution in [-0.2, 0) is 9.53 Å². The Bertz CT molecular complexity index is 757. The maximum atomic E-state index is 13.8. The van der Waals surface area contributed by atoms with E-state index >= 15 is 0 Å². The van der Waals surface area contributed by atoms with Crippen LogP contribution in [0.1, 0.15) is 49.4 Å². The number of likely N-dealkylation sites (N-methyl/N-ethyl adjacent to an activating group) is 1. The summed E-state index contributed by atoms with van der Waals surface area (Å²) in [5, 5.41) is 0. The van der Waals surface area contributed by atoms with Gasteiger partial charge in [-0.15, -0.1) is 0 Å². The minimum atomic E-state index is -0.743. The Morgan fingerprint density at radius 1 is 1.14 bits per heavy atom. The molecule has 3 aliphatic rings. The van der Waals surface area contributed by atoms with Gasteiger partial charge >= 0.3 is 0 Å². The second-order valence-electron chi connectivity index (χ2n) is 8.28. The van der Waals surface area contributed by atoms with Crippen LogP contribution in [0, 0.1) is 5.82 Å². The van der Waals surface area contributed by atoms with Crippen LogP contribution in [0.3, 0.4) is 0 Å². The molecule has 158 valence electrons. The van der Waals surface area contributed by atoms with E-state index in [9.17, 15) is 14.0 Å². The van der Waals surface area contributed by atoms with E-state index in [1.165, 1.54) is 18.2 Å². The third kappa shape index (κ3) is 3.90. The summed E-state index contributed by atoms with van der Waals surface area (Å²) in [4.78, 5) is 32.7. The third-order valence-corrected chi connectivity index (χ3v) is 6.60. The van der Waals surface area contributed by atoms with Crippen molar-refractivity contribution in [2.24, 2.45) is 0 Å². The standard InChI is InChI=1S/C22H30FN3O3/c1-2-24-11-13-25(14-12-24)21(28)19-16-29-22(9-4-3-5-10-22)26(19)20(27)17-7-6-8-18(23)15-17/h6-8,15,19H,2-5,9-14,16H2,1H3/t19-/m0/s1. The molecule has 1 aromatic carbocycles. The topological polar surface area (TPSA) is 53.1 Å². The van der Waals surface area contributed by atoms with Crippen molar-refractivity contribution in [3.63, 3.8) is 0 Å². The maximum absolute atomic E-state index is 13.8. The Labute approximate surface area is 171 Å². The molecule has 2 heterocycles. The van der Waals surface area contributed by atoms with Crippen molar-refractivity contribution in [1.29, 1.82) is 0 Å². The molecule has 0 unspecified atom stereocenters. The Morgan fingerprint density at radius 2 is 1.86 bits per heavy atom. The normalized spacial score (nSPS) is 24.8. The summed E-state index contributed by atoms with van der Waals surface area (Å²) in [6.07, 6.45) is 4.47. The summed E-state index contributed by atoms with van der Waals surface area (Å²) in [6.45, 7) is 6.33. The van der Waals surface area contributed by atoms with E-state index in [4.69, 9.17) is 4.74 Å². The fourth-order valence-electron chi connectivity index (χ4n) is 4.92. The molecule has 6 nitrogen and oxygen atoms in total. The molecule has 2 amide bonds. The minimum absolute atomic E-state index is 0.0482. The molecule has 2 saturated heterocycles. The largest absolute Gasteiger partial charge is 0.353 e. The van der Waals surface area contributed by atoms with Gasteiger partial charge in [0.2, 0.25) is 5.91 Å². The second-order valence-corrected chi connectivity index (χ2v) is 8.28. The summed E-state index contributed by atoms with van der Waals surface area (Å²) in [6, 6.07) is 5.08. The number of hydrogen-bond donors (Lipinski definition) is 0. The van der Waals surface area contributed by atoms with E-state index in [0.29, 0.717) is 13.1 Å². The molecule has 0 aromatic heterocycles. The van der Waals surface area contributed by atoms with Crippen molar-refractivity contribution >= 4 is 11.8 Å². The molecule has 1 atom stereocenters. The van der Waals surface area contributed by atoms with Gasteiger partial charge in [0.15, 0.2) is 0 Å². The van der Waals surface area contributed by atoms with Crippen molar-refractivity contribution in [2.75, 3.05) is 39.3 Å². The van der Waals surface area contributed by atoms with Gasteiger partial charge in [0.25, 0.3) is 5.91 Å². The van der Waals surface area contributed by atoms with E-state index < -0.39 is 17.6 Å². The Balaban J connectivity index is 1.60. The van der Waals surface area contributed by atoms with E-state index in [-0.39, 0.29) is 24.0 Å². The molecule has 3 fully saturated rings. The second kappa shape index (κ2) is 8.40. The number of rotatable bonds is 3. The number of carbonyl (C=O) groups excluding carboxylic acids is 2. The van der Waals surface area contributed by atoms with Crippen LogP contribution < -0.4 is 0 Å². The molecule has 1 saturated carbocycles. The fraction of sp³-hybridized carbons (Fsp3) is 0.636. The number of halogens is 1. The van der Waals surface area contributed by atoms with Crippen LogP contribution >= 0.6 is 0 Å². The van der Waals surface area contributed by atoms with Crippen molar-refractivity contribution in [1.82, 2.24) is 14.7 Å². The summed E-state index contributed by atoms with van der Waals surface area (Å²) >= 11 is 0. The highest BCUT2D eigenvalue weighted by Gasteiger charge is 2.53. The highest BCUT2D eigenvalue weighted by atomic mass is 19.1. The summed E-state index contributed by atoms with van der Waals surface area (Å²) in [5.74, 6) is -0.811. The first-order chi connectivity index (χ1) is 14.0. The monoisotopic (exact) mass is 403 g/mol. The predicted molar refractivity (Wildman–Crippen MR) is 107 cm³/mol. The predicted octanol–water partition coefficient (Wildman–Crippen LogP) is 2.49. The SMILES string of the molecule is CCN1CCN(C(=O)[C@@H]2COC3(CCCCC3)N2C(=O)c2cccc(F)c2)CC1. The summed E-state index contributed by atoms with van der Waals surface area (Å²) in [7, 11) is 0. The number of nitrogens with zero attached hydrogens (tertiary/aromatic N) is 3. The van der Waals surface area contributed by atoms with Crippen LogP contribution in [0.25, 0.3) is 0 Å². The smallest absolute Gasteiger partial charge is 0.256 e.